The molecule has 0 unspecified atom stereocenters. The van der Waals surface area contributed by atoms with Gasteiger partial charge >= 0.3 is 6.18 Å². The van der Waals surface area contributed by atoms with E-state index in [2.05, 4.69) is 15.0 Å². The van der Waals surface area contributed by atoms with E-state index in [-0.39, 0.29) is 23.3 Å². The van der Waals surface area contributed by atoms with Gasteiger partial charge in [-0.3, -0.25) is 4.57 Å². The quantitative estimate of drug-likeness (QED) is 0.680. The number of aryl methyl sites for hydroxylation is 1. The van der Waals surface area contributed by atoms with E-state index in [9.17, 15) is 17.6 Å². The molecule has 4 nitrogen and oxygen atoms in total. The van der Waals surface area contributed by atoms with Crippen molar-refractivity contribution in [3.63, 3.8) is 0 Å². The molecule has 3 rings (SSSR count). The highest BCUT2D eigenvalue weighted by Gasteiger charge is 2.36. The average Bonchev–Trinajstić information content (AvgIpc) is 2.89. The molecule has 0 bridgehead atoms. The lowest BCUT2D eigenvalue weighted by molar-refractivity contribution is -0.144. The second-order valence-electron chi connectivity index (χ2n) is 4.61. The average molecular weight is 310 g/mol. The molecule has 22 heavy (non-hydrogen) atoms. The molecular weight excluding hydrogens is 300 g/mol. The minimum absolute atomic E-state index is 0.00442. The molecule has 0 aliphatic carbocycles. The molecule has 114 valence electrons. The highest BCUT2D eigenvalue weighted by molar-refractivity contribution is 5.75. The molecule has 2 heterocycles. The Morgan fingerprint density at radius 3 is 2.59 bits per heavy atom. The molecule has 0 radical (unpaired) electrons. The van der Waals surface area contributed by atoms with E-state index in [4.69, 9.17) is 0 Å². The van der Waals surface area contributed by atoms with E-state index in [0.29, 0.717) is 5.69 Å². The minimum Gasteiger partial charge on any atom is -0.283 e. The van der Waals surface area contributed by atoms with Crippen molar-refractivity contribution in [1.82, 2.24) is 19.5 Å². The number of imidazole rings is 1. The molecule has 2 aromatic heterocycles. The number of halogens is 4. The van der Waals surface area contributed by atoms with Crippen LogP contribution in [0.1, 0.15) is 18.4 Å². The summed E-state index contributed by atoms with van der Waals surface area (Å²) in [5.74, 6) is -1.73. The van der Waals surface area contributed by atoms with Gasteiger partial charge in [-0.15, -0.1) is 0 Å². The Morgan fingerprint density at radius 1 is 1.18 bits per heavy atom. The third-order valence-electron chi connectivity index (χ3n) is 3.14. The SMILES string of the molecule is CCc1nc(C(F)(F)F)nc2c1ncn2-c1cccc(F)c1. The Labute approximate surface area is 122 Å². The Hall–Kier alpha value is -2.51. The number of rotatable bonds is 2. The van der Waals surface area contributed by atoms with Gasteiger partial charge in [0.05, 0.1) is 11.4 Å². The fourth-order valence-electron chi connectivity index (χ4n) is 2.15. The number of nitrogens with zero attached hydrogens (tertiary/aromatic N) is 4. The Bertz CT molecular complexity index is 838. The van der Waals surface area contributed by atoms with Crippen molar-refractivity contribution in [3.8, 4) is 5.69 Å². The molecule has 0 aliphatic heterocycles. The van der Waals surface area contributed by atoms with Crippen molar-refractivity contribution in [3.05, 3.63) is 47.9 Å². The topological polar surface area (TPSA) is 43.6 Å². The normalized spacial score (nSPS) is 12.0. The molecule has 1 aromatic carbocycles. The zero-order valence-electron chi connectivity index (χ0n) is 11.4. The summed E-state index contributed by atoms with van der Waals surface area (Å²) in [5.41, 5.74) is 0.827. The fraction of sp³-hybridized carbons (Fsp3) is 0.214. The first-order chi connectivity index (χ1) is 10.4. The van der Waals surface area contributed by atoms with Gasteiger partial charge in [0.25, 0.3) is 0 Å². The summed E-state index contributed by atoms with van der Waals surface area (Å²) < 4.78 is 53.4. The van der Waals surface area contributed by atoms with Crippen molar-refractivity contribution in [2.75, 3.05) is 0 Å². The first kappa shape index (κ1) is 14.4. The molecule has 0 saturated carbocycles. The van der Waals surface area contributed by atoms with Crippen molar-refractivity contribution in [1.29, 1.82) is 0 Å². The molecule has 0 spiro atoms. The smallest absolute Gasteiger partial charge is 0.283 e. The third-order valence-corrected chi connectivity index (χ3v) is 3.14. The van der Waals surface area contributed by atoms with Crippen LogP contribution in [0.2, 0.25) is 0 Å². The van der Waals surface area contributed by atoms with Gasteiger partial charge in [0.15, 0.2) is 5.65 Å². The number of hydrogen-bond donors (Lipinski definition) is 0. The van der Waals surface area contributed by atoms with E-state index in [1.807, 2.05) is 0 Å². The number of alkyl halides is 3. The molecule has 0 amide bonds. The van der Waals surface area contributed by atoms with E-state index in [1.54, 1.807) is 13.0 Å². The van der Waals surface area contributed by atoms with Crippen LogP contribution in [0.4, 0.5) is 17.6 Å². The zero-order valence-corrected chi connectivity index (χ0v) is 11.4. The van der Waals surface area contributed by atoms with Crippen molar-refractivity contribution in [2.45, 2.75) is 19.5 Å². The van der Waals surface area contributed by atoms with E-state index in [1.165, 1.54) is 29.1 Å². The van der Waals surface area contributed by atoms with Crippen LogP contribution < -0.4 is 0 Å². The Kier molecular flexibility index (Phi) is 3.31. The van der Waals surface area contributed by atoms with Crippen LogP contribution in [-0.4, -0.2) is 19.5 Å². The van der Waals surface area contributed by atoms with Gasteiger partial charge in [0.2, 0.25) is 5.82 Å². The van der Waals surface area contributed by atoms with E-state index in [0.717, 1.165) is 0 Å². The molecule has 0 aliphatic rings. The Morgan fingerprint density at radius 2 is 1.95 bits per heavy atom. The van der Waals surface area contributed by atoms with Gasteiger partial charge in [-0.2, -0.15) is 13.2 Å². The lowest BCUT2D eigenvalue weighted by Gasteiger charge is -2.09. The molecule has 0 atom stereocenters. The lowest BCUT2D eigenvalue weighted by atomic mass is 10.2. The van der Waals surface area contributed by atoms with Crippen LogP contribution >= 0.6 is 0 Å². The van der Waals surface area contributed by atoms with Gasteiger partial charge in [0.1, 0.15) is 17.7 Å². The van der Waals surface area contributed by atoms with Gasteiger partial charge < -0.3 is 0 Å². The second-order valence-corrected chi connectivity index (χ2v) is 4.61. The van der Waals surface area contributed by atoms with Crippen molar-refractivity contribution >= 4 is 11.2 Å². The highest BCUT2D eigenvalue weighted by Crippen LogP contribution is 2.29. The van der Waals surface area contributed by atoms with Crippen LogP contribution in [-0.2, 0) is 12.6 Å². The maximum atomic E-state index is 13.3. The van der Waals surface area contributed by atoms with Crippen LogP contribution in [0.15, 0.2) is 30.6 Å². The largest absolute Gasteiger partial charge is 0.451 e. The highest BCUT2D eigenvalue weighted by atomic mass is 19.4. The number of hydrogen-bond acceptors (Lipinski definition) is 3. The predicted molar refractivity (Wildman–Crippen MR) is 71.0 cm³/mol. The first-order valence-corrected chi connectivity index (χ1v) is 6.47. The summed E-state index contributed by atoms with van der Waals surface area (Å²) in [6, 6.07) is 5.46. The van der Waals surface area contributed by atoms with Crippen LogP contribution in [0.25, 0.3) is 16.9 Å². The van der Waals surface area contributed by atoms with E-state index < -0.39 is 17.8 Å². The predicted octanol–water partition coefficient (Wildman–Crippen LogP) is 3.54. The second kappa shape index (κ2) is 5.04. The lowest BCUT2D eigenvalue weighted by Crippen LogP contribution is -2.13. The minimum atomic E-state index is -4.66. The molecule has 8 heteroatoms. The number of fused-ring (bicyclic) bond motifs is 1. The molecule has 0 N–H and O–H groups in total. The molecule has 0 saturated heterocycles. The van der Waals surface area contributed by atoms with Crippen LogP contribution in [0.5, 0.6) is 0 Å². The summed E-state index contributed by atoms with van der Waals surface area (Å²) in [5, 5.41) is 0. The van der Waals surface area contributed by atoms with Crippen molar-refractivity contribution < 1.29 is 17.6 Å². The number of benzene rings is 1. The third kappa shape index (κ3) is 2.40. The summed E-state index contributed by atoms with van der Waals surface area (Å²) in [4.78, 5) is 11.2. The number of aromatic nitrogens is 4. The van der Waals surface area contributed by atoms with Gasteiger partial charge in [-0.25, -0.2) is 19.3 Å². The van der Waals surface area contributed by atoms with Crippen LogP contribution in [0, 0.1) is 5.82 Å². The van der Waals surface area contributed by atoms with Gasteiger partial charge in [0, 0.05) is 0 Å². The standard InChI is InChI=1S/C14H10F4N4/c1-2-10-11-12(21-13(20-10)14(16,17)18)22(7-19-11)9-5-3-4-8(15)6-9/h3-7H,2H2,1H3. The maximum absolute atomic E-state index is 13.3. The van der Waals surface area contributed by atoms with Crippen LogP contribution in [0.3, 0.4) is 0 Å². The Balaban J connectivity index is 2.29. The zero-order chi connectivity index (χ0) is 15.9. The molecule has 0 fully saturated rings. The first-order valence-electron chi connectivity index (χ1n) is 6.47. The monoisotopic (exact) mass is 310 g/mol. The maximum Gasteiger partial charge on any atom is 0.451 e. The van der Waals surface area contributed by atoms with Crippen molar-refractivity contribution in [2.24, 2.45) is 0 Å². The summed E-state index contributed by atoms with van der Waals surface area (Å²) in [6.45, 7) is 1.68. The molecule has 3 aromatic rings. The van der Waals surface area contributed by atoms with Gasteiger partial charge in [-0.05, 0) is 24.6 Å². The molecular formula is C14H10F4N4. The van der Waals surface area contributed by atoms with E-state index >= 15 is 0 Å². The fourth-order valence-corrected chi connectivity index (χ4v) is 2.15. The summed E-state index contributed by atoms with van der Waals surface area (Å²) in [6.07, 6.45) is -3.06. The summed E-state index contributed by atoms with van der Waals surface area (Å²) in [7, 11) is 0. The summed E-state index contributed by atoms with van der Waals surface area (Å²) >= 11 is 0. The van der Waals surface area contributed by atoms with Gasteiger partial charge in [-0.1, -0.05) is 13.0 Å².